The summed E-state index contributed by atoms with van der Waals surface area (Å²) < 4.78 is 0. The lowest BCUT2D eigenvalue weighted by molar-refractivity contribution is 0.120. The van der Waals surface area contributed by atoms with Crippen LogP contribution in [0.15, 0.2) is 18.6 Å². The van der Waals surface area contributed by atoms with Gasteiger partial charge in [-0.05, 0) is 44.3 Å². The highest BCUT2D eigenvalue weighted by Gasteiger charge is 2.18. The van der Waals surface area contributed by atoms with Gasteiger partial charge in [-0.1, -0.05) is 0 Å². The number of piperidine rings is 1. The molecule has 2 heterocycles. The van der Waals surface area contributed by atoms with E-state index >= 15 is 0 Å². The Morgan fingerprint density at radius 1 is 1.50 bits per heavy atom. The van der Waals surface area contributed by atoms with Crippen molar-refractivity contribution in [1.82, 2.24) is 14.9 Å². The number of anilines is 1. The van der Waals surface area contributed by atoms with Crippen LogP contribution >= 0.6 is 0 Å². The van der Waals surface area contributed by atoms with Crippen molar-refractivity contribution in [2.24, 2.45) is 5.92 Å². The number of rotatable bonds is 6. The van der Waals surface area contributed by atoms with Gasteiger partial charge in [0.25, 0.3) is 0 Å². The lowest BCUT2D eigenvalue weighted by Gasteiger charge is -2.31. The molecule has 1 aromatic rings. The summed E-state index contributed by atoms with van der Waals surface area (Å²) in [5.74, 6) is 1.37. The summed E-state index contributed by atoms with van der Waals surface area (Å²) in [5, 5.41) is 12.5. The summed E-state index contributed by atoms with van der Waals surface area (Å²) >= 11 is 0. The van der Waals surface area contributed by atoms with Crippen LogP contribution < -0.4 is 5.32 Å². The minimum Gasteiger partial charge on any atom is -0.396 e. The fourth-order valence-corrected chi connectivity index (χ4v) is 2.42. The second-order valence-corrected chi connectivity index (χ2v) is 4.87. The van der Waals surface area contributed by atoms with Gasteiger partial charge >= 0.3 is 0 Å². The maximum absolute atomic E-state index is 9.18. The van der Waals surface area contributed by atoms with Gasteiger partial charge in [0.2, 0.25) is 0 Å². The number of aromatic nitrogens is 2. The first-order valence-corrected chi connectivity index (χ1v) is 6.71. The van der Waals surface area contributed by atoms with Crippen LogP contribution in [0.25, 0.3) is 0 Å². The first kappa shape index (κ1) is 13.2. The Morgan fingerprint density at radius 2 is 2.44 bits per heavy atom. The van der Waals surface area contributed by atoms with Gasteiger partial charge in [-0.3, -0.25) is 0 Å². The molecule has 0 aliphatic carbocycles. The fraction of sp³-hybridized carbons (Fsp3) is 0.692. The molecule has 0 unspecified atom stereocenters. The molecule has 1 atom stereocenters. The molecule has 1 saturated heterocycles. The zero-order valence-corrected chi connectivity index (χ0v) is 10.8. The average molecular weight is 250 g/mol. The quantitative estimate of drug-likeness (QED) is 0.737. The van der Waals surface area contributed by atoms with E-state index in [9.17, 15) is 5.11 Å². The van der Waals surface area contributed by atoms with Crippen molar-refractivity contribution in [3.05, 3.63) is 18.6 Å². The molecule has 1 aromatic heterocycles. The van der Waals surface area contributed by atoms with E-state index < -0.39 is 0 Å². The van der Waals surface area contributed by atoms with E-state index in [2.05, 4.69) is 20.2 Å². The molecule has 100 valence electrons. The SMILES string of the molecule is OC[C@H]1CCCN(CCCNc2ccncn2)C1. The van der Waals surface area contributed by atoms with Crippen LogP contribution in [0.4, 0.5) is 5.82 Å². The summed E-state index contributed by atoms with van der Waals surface area (Å²) in [5.41, 5.74) is 0. The van der Waals surface area contributed by atoms with Crippen LogP contribution in [0.1, 0.15) is 19.3 Å². The molecule has 0 radical (unpaired) electrons. The lowest BCUT2D eigenvalue weighted by Crippen LogP contribution is -2.37. The molecule has 1 aliphatic heterocycles. The van der Waals surface area contributed by atoms with E-state index in [4.69, 9.17) is 0 Å². The van der Waals surface area contributed by atoms with Crippen molar-refractivity contribution in [1.29, 1.82) is 0 Å². The Bertz CT molecular complexity index is 333. The lowest BCUT2D eigenvalue weighted by atomic mass is 9.99. The molecule has 0 spiro atoms. The molecule has 18 heavy (non-hydrogen) atoms. The molecule has 0 bridgehead atoms. The number of aliphatic hydroxyl groups excluding tert-OH is 1. The maximum atomic E-state index is 9.18. The number of hydrogen-bond acceptors (Lipinski definition) is 5. The van der Waals surface area contributed by atoms with Gasteiger partial charge in [0.05, 0.1) is 0 Å². The Kier molecular flexibility index (Phi) is 5.36. The maximum Gasteiger partial charge on any atom is 0.129 e. The average Bonchev–Trinajstić information content (AvgIpc) is 2.45. The van der Waals surface area contributed by atoms with Gasteiger partial charge < -0.3 is 15.3 Å². The third kappa shape index (κ3) is 4.23. The minimum atomic E-state index is 0.329. The van der Waals surface area contributed by atoms with Gasteiger partial charge in [0.15, 0.2) is 0 Å². The van der Waals surface area contributed by atoms with Gasteiger partial charge in [0, 0.05) is 25.9 Å². The predicted molar refractivity (Wildman–Crippen MR) is 71.4 cm³/mol. The van der Waals surface area contributed by atoms with Crippen molar-refractivity contribution in [3.63, 3.8) is 0 Å². The third-order valence-electron chi connectivity index (χ3n) is 3.40. The number of nitrogens with zero attached hydrogens (tertiary/aromatic N) is 3. The summed E-state index contributed by atoms with van der Waals surface area (Å²) in [6.07, 6.45) is 6.78. The zero-order chi connectivity index (χ0) is 12.6. The Balaban J connectivity index is 1.60. The van der Waals surface area contributed by atoms with Crippen LogP contribution in [0.3, 0.4) is 0 Å². The Hall–Kier alpha value is -1.20. The molecule has 1 aliphatic rings. The zero-order valence-electron chi connectivity index (χ0n) is 10.8. The standard InChI is InChI=1S/C13H22N4O/c18-10-12-3-1-7-17(9-12)8-2-5-15-13-4-6-14-11-16-13/h4,6,11-12,18H,1-3,5,7-10H2,(H,14,15,16)/t12-/m0/s1. The molecule has 5 heteroatoms. The van der Waals surface area contributed by atoms with Gasteiger partial charge in [-0.2, -0.15) is 0 Å². The van der Waals surface area contributed by atoms with Gasteiger partial charge in [-0.15, -0.1) is 0 Å². The first-order chi connectivity index (χ1) is 8.88. The minimum absolute atomic E-state index is 0.329. The highest BCUT2D eigenvalue weighted by molar-refractivity contribution is 5.31. The predicted octanol–water partition coefficient (Wildman–Crippen LogP) is 0.983. The third-order valence-corrected chi connectivity index (χ3v) is 3.40. The first-order valence-electron chi connectivity index (χ1n) is 6.71. The van der Waals surface area contributed by atoms with E-state index in [1.165, 1.54) is 19.4 Å². The number of nitrogens with one attached hydrogen (secondary N) is 1. The summed E-state index contributed by atoms with van der Waals surface area (Å²) in [6, 6.07) is 1.88. The van der Waals surface area contributed by atoms with Crippen molar-refractivity contribution < 1.29 is 5.11 Å². The smallest absolute Gasteiger partial charge is 0.129 e. The van der Waals surface area contributed by atoms with Crippen molar-refractivity contribution >= 4 is 5.82 Å². The molecule has 2 N–H and O–H groups in total. The molecule has 1 fully saturated rings. The molecule has 0 saturated carbocycles. The Morgan fingerprint density at radius 3 is 3.22 bits per heavy atom. The highest BCUT2D eigenvalue weighted by atomic mass is 16.3. The number of aliphatic hydroxyl groups is 1. The second-order valence-electron chi connectivity index (χ2n) is 4.87. The summed E-state index contributed by atoms with van der Waals surface area (Å²) in [6.45, 7) is 4.57. The van der Waals surface area contributed by atoms with Gasteiger partial charge in [-0.25, -0.2) is 9.97 Å². The van der Waals surface area contributed by atoms with Crippen molar-refractivity contribution in [2.75, 3.05) is 38.1 Å². The molecule has 5 nitrogen and oxygen atoms in total. The Labute approximate surface area is 108 Å². The van der Waals surface area contributed by atoms with Crippen LogP contribution in [-0.4, -0.2) is 52.8 Å². The number of likely N-dealkylation sites (tertiary alicyclic amines) is 1. The van der Waals surface area contributed by atoms with E-state index in [1.54, 1.807) is 12.5 Å². The van der Waals surface area contributed by atoms with E-state index in [0.29, 0.717) is 12.5 Å². The summed E-state index contributed by atoms with van der Waals surface area (Å²) in [7, 11) is 0. The monoisotopic (exact) mass is 250 g/mol. The van der Waals surface area contributed by atoms with Gasteiger partial charge in [0.1, 0.15) is 12.1 Å². The van der Waals surface area contributed by atoms with Crippen LogP contribution in [0.2, 0.25) is 0 Å². The van der Waals surface area contributed by atoms with Crippen LogP contribution in [0.5, 0.6) is 0 Å². The molecular formula is C13H22N4O. The van der Waals surface area contributed by atoms with E-state index in [1.807, 2.05) is 6.07 Å². The van der Waals surface area contributed by atoms with Crippen molar-refractivity contribution in [3.8, 4) is 0 Å². The topological polar surface area (TPSA) is 61.3 Å². The van der Waals surface area contributed by atoms with E-state index in [-0.39, 0.29) is 0 Å². The summed E-state index contributed by atoms with van der Waals surface area (Å²) in [4.78, 5) is 10.5. The molecular weight excluding hydrogens is 228 g/mol. The fourth-order valence-electron chi connectivity index (χ4n) is 2.42. The van der Waals surface area contributed by atoms with Crippen LogP contribution in [0, 0.1) is 5.92 Å². The molecule has 0 aromatic carbocycles. The van der Waals surface area contributed by atoms with E-state index in [0.717, 1.165) is 31.9 Å². The highest BCUT2D eigenvalue weighted by Crippen LogP contribution is 2.15. The second kappa shape index (κ2) is 7.28. The van der Waals surface area contributed by atoms with Crippen LogP contribution in [-0.2, 0) is 0 Å². The largest absolute Gasteiger partial charge is 0.396 e. The molecule has 0 amide bonds. The number of hydrogen-bond donors (Lipinski definition) is 2. The van der Waals surface area contributed by atoms with Crippen molar-refractivity contribution in [2.45, 2.75) is 19.3 Å². The normalized spacial score (nSPS) is 20.8. The molecule has 2 rings (SSSR count).